The Labute approximate surface area is 141 Å². The third-order valence-electron chi connectivity index (χ3n) is 3.96. The van der Waals surface area contributed by atoms with E-state index in [2.05, 4.69) is 25.1 Å². The molecule has 1 saturated heterocycles. The van der Waals surface area contributed by atoms with Gasteiger partial charge >= 0.3 is 5.97 Å². The minimum atomic E-state index is -0.978. The highest BCUT2D eigenvalue weighted by atomic mass is 32.1. The molecule has 1 aliphatic rings. The highest BCUT2D eigenvalue weighted by molar-refractivity contribution is 7.19. The number of carboxylic acid groups (broad SMARTS) is 1. The second kappa shape index (κ2) is 6.04. The van der Waals surface area contributed by atoms with E-state index >= 15 is 0 Å². The molecule has 0 atom stereocenters. The Kier molecular flexibility index (Phi) is 3.73. The van der Waals surface area contributed by atoms with E-state index in [4.69, 9.17) is 5.11 Å². The van der Waals surface area contributed by atoms with Crippen LogP contribution < -0.4 is 4.90 Å². The Morgan fingerprint density at radius 1 is 1.25 bits per heavy atom. The topological polar surface area (TPSA) is 93.9 Å². The fourth-order valence-corrected chi connectivity index (χ4v) is 3.55. The van der Waals surface area contributed by atoms with Gasteiger partial charge in [-0.15, -0.1) is 10.2 Å². The van der Waals surface area contributed by atoms with Crippen LogP contribution >= 0.6 is 11.3 Å². The molecule has 0 amide bonds. The lowest BCUT2D eigenvalue weighted by Gasteiger charge is -2.11. The van der Waals surface area contributed by atoms with E-state index in [9.17, 15) is 4.79 Å². The van der Waals surface area contributed by atoms with Crippen molar-refractivity contribution in [2.75, 3.05) is 18.0 Å². The summed E-state index contributed by atoms with van der Waals surface area (Å²) in [6.45, 7) is 2.11. The molecular formula is C16H15N5O2S. The number of hydrogen-bond donors (Lipinski definition) is 2. The van der Waals surface area contributed by atoms with Crippen LogP contribution in [0.5, 0.6) is 0 Å². The van der Waals surface area contributed by atoms with Gasteiger partial charge in [0.05, 0.1) is 11.9 Å². The van der Waals surface area contributed by atoms with E-state index in [1.807, 2.05) is 6.07 Å². The summed E-state index contributed by atoms with van der Waals surface area (Å²) in [5.41, 5.74) is 1.60. The third kappa shape index (κ3) is 2.88. The molecule has 1 fully saturated rings. The number of fused-ring (bicyclic) bond motifs is 1. The lowest BCUT2D eigenvalue weighted by Crippen LogP contribution is -2.16. The van der Waals surface area contributed by atoms with Crippen LogP contribution in [-0.4, -0.2) is 34.1 Å². The second-order valence-electron chi connectivity index (χ2n) is 5.63. The number of H-pyrrole nitrogens is 1. The fourth-order valence-electron chi connectivity index (χ4n) is 2.76. The summed E-state index contributed by atoms with van der Waals surface area (Å²) in [4.78, 5) is 20.5. The van der Waals surface area contributed by atoms with Crippen molar-refractivity contribution in [1.29, 1.82) is 0 Å². The van der Waals surface area contributed by atoms with Crippen molar-refractivity contribution in [3.05, 3.63) is 36.2 Å². The standard InChI is InChI=1S/C16H15N5O2S/c22-15(23)13-8-10-7-11(3-4-12(10)18-13)19-20-14-9-17-16(24-14)21-5-1-2-6-21/h3-4,7-9,18H,1-2,5-6H2,(H,22,23). The minimum Gasteiger partial charge on any atom is -0.477 e. The zero-order valence-corrected chi connectivity index (χ0v) is 13.6. The highest BCUT2D eigenvalue weighted by Gasteiger charge is 2.15. The average molecular weight is 341 g/mol. The molecule has 8 heteroatoms. The first-order valence-corrected chi connectivity index (χ1v) is 8.49. The highest BCUT2D eigenvalue weighted by Crippen LogP contribution is 2.32. The van der Waals surface area contributed by atoms with Crippen LogP contribution in [-0.2, 0) is 0 Å². The molecular weight excluding hydrogens is 326 g/mol. The van der Waals surface area contributed by atoms with Gasteiger partial charge < -0.3 is 15.0 Å². The van der Waals surface area contributed by atoms with E-state index < -0.39 is 5.97 Å². The van der Waals surface area contributed by atoms with Crippen LogP contribution in [0.25, 0.3) is 10.9 Å². The van der Waals surface area contributed by atoms with Crippen molar-refractivity contribution in [2.45, 2.75) is 12.8 Å². The second-order valence-corrected chi connectivity index (χ2v) is 6.62. The van der Waals surface area contributed by atoms with Crippen molar-refractivity contribution in [3.63, 3.8) is 0 Å². The number of aromatic amines is 1. The molecule has 2 aromatic heterocycles. The number of thiazole rings is 1. The van der Waals surface area contributed by atoms with Gasteiger partial charge in [0.1, 0.15) is 5.69 Å². The average Bonchev–Trinajstić information content (AvgIpc) is 3.30. The summed E-state index contributed by atoms with van der Waals surface area (Å²) in [7, 11) is 0. The van der Waals surface area contributed by atoms with Gasteiger partial charge in [-0.25, -0.2) is 9.78 Å². The number of benzene rings is 1. The number of nitrogens with one attached hydrogen (secondary N) is 1. The molecule has 0 unspecified atom stereocenters. The van der Waals surface area contributed by atoms with E-state index in [0.29, 0.717) is 5.69 Å². The normalized spacial score (nSPS) is 14.9. The smallest absolute Gasteiger partial charge is 0.352 e. The van der Waals surface area contributed by atoms with Crippen molar-refractivity contribution in [3.8, 4) is 0 Å². The Hall–Kier alpha value is -2.74. The van der Waals surface area contributed by atoms with E-state index in [1.54, 1.807) is 24.4 Å². The predicted octanol–water partition coefficient (Wildman–Crippen LogP) is 4.34. The summed E-state index contributed by atoms with van der Waals surface area (Å²) < 4.78 is 0. The molecule has 1 aromatic carbocycles. The van der Waals surface area contributed by atoms with Crippen molar-refractivity contribution in [1.82, 2.24) is 9.97 Å². The molecule has 24 heavy (non-hydrogen) atoms. The summed E-state index contributed by atoms with van der Waals surface area (Å²) in [6.07, 6.45) is 4.16. The quantitative estimate of drug-likeness (QED) is 0.690. The van der Waals surface area contributed by atoms with Gasteiger partial charge in [0.2, 0.25) is 0 Å². The fraction of sp³-hybridized carbons (Fsp3) is 0.250. The Morgan fingerprint density at radius 3 is 2.88 bits per heavy atom. The maximum atomic E-state index is 11.0. The summed E-state index contributed by atoms with van der Waals surface area (Å²) in [6, 6.07) is 7.01. The molecule has 0 aliphatic carbocycles. The van der Waals surface area contributed by atoms with Crippen molar-refractivity contribution < 1.29 is 9.90 Å². The molecule has 0 spiro atoms. The number of nitrogens with zero attached hydrogens (tertiary/aromatic N) is 4. The Balaban J connectivity index is 1.54. The molecule has 3 heterocycles. The molecule has 0 bridgehead atoms. The first-order chi connectivity index (χ1) is 11.7. The minimum absolute atomic E-state index is 0.164. The number of hydrogen-bond acceptors (Lipinski definition) is 6. The van der Waals surface area contributed by atoms with Crippen molar-refractivity contribution >= 4 is 44.0 Å². The first kappa shape index (κ1) is 14.8. The number of anilines is 1. The van der Waals surface area contributed by atoms with Gasteiger partial charge in [0.15, 0.2) is 10.1 Å². The molecule has 2 N–H and O–H groups in total. The van der Waals surface area contributed by atoms with Crippen LogP contribution in [0.3, 0.4) is 0 Å². The van der Waals surface area contributed by atoms with Gasteiger partial charge in [-0.3, -0.25) is 0 Å². The molecule has 122 valence electrons. The van der Waals surface area contributed by atoms with Gasteiger partial charge in [-0.2, -0.15) is 0 Å². The van der Waals surface area contributed by atoms with Gasteiger partial charge in [-0.05, 0) is 37.1 Å². The number of rotatable bonds is 4. The summed E-state index contributed by atoms with van der Waals surface area (Å²) in [5, 5.41) is 20.1. The lowest BCUT2D eigenvalue weighted by molar-refractivity contribution is 0.0691. The molecule has 0 saturated carbocycles. The largest absolute Gasteiger partial charge is 0.477 e. The maximum Gasteiger partial charge on any atom is 0.352 e. The van der Waals surface area contributed by atoms with Crippen LogP contribution in [0.2, 0.25) is 0 Å². The van der Waals surface area contributed by atoms with Crippen LogP contribution in [0.4, 0.5) is 15.8 Å². The lowest BCUT2D eigenvalue weighted by atomic mass is 10.2. The van der Waals surface area contributed by atoms with E-state index in [0.717, 1.165) is 34.1 Å². The maximum absolute atomic E-state index is 11.0. The zero-order chi connectivity index (χ0) is 16.5. The number of aromatic nitrogens is 2. The van der Waals surface area contributed by atoms with Gasteiger partial charge in [0, 0.05) is 24.0 Å². The van der Waals surface area contributed by atoms with Gasteiger partial charge in [-0.1, -0.05) is 11.3 Å². The third-order valence-corrected chi connectivity index (χ3v) is 4.90. The SMILES string of the molecule is O=C(O)c1cc2cc(N=Nc3cnc(N4CCCC4)s3)ccc2[nH]1. The van der Waals surface area contributed by atoms with Crippen LogP contribution in [0, 0.1) is 0 Å². The van der Waals surface area contributed by atoms with E-state index in [-0.39, 0.29) is 5.69 Å². The molecule has 7 nitrogen and oxygen atoms in total. The van der Waals surface area contributed by atoms with Crippen molar-refractivity contribution in [2.24, 2.45) is 10.2 Å². The van der Waals surface area contributed by atoms with Crippen LogP contribution in [0.15, 0.2) is 40.7 Å². The zero-order valence-electron chi connectivity index (χ0n) is 12.8. The number of aromatic carboxylic acids is 1. The number of carbonyl (C=O) groups is 1. The monoisotopic (exact) mass is 341 g/mol. The summed E-state index contributed by atoms with van der Waals surface area (Å²) in [5.74, 6) is -0.978. The molecule has 4 rings (SSSR count). The van der Waals surface area contributed by atoms with Crippen LogP contribution in [0.1, 0.15) is 23.3 Å². The first-order valence-electron chi connectivity index (χ1n) is 7.68. The Morgan fingerprint density at radius 2 is 2.08 bits per heavy atom. The molecule has 1 aliphatic heterocycles. The van der Waals surface area contributed by atoms with E-state index in [1.165, 1.54) is 24.2 Å². The summed E-state index contributed by atoms with van der Waals surface area (Å²) >= 11 is 1.53. The van der Waals surface area contributed by atoms with Gasteiger partial charge in [0.25, 0.3) is 0 Å². The Bertz CT molecular complexity index is 924. The molecule has 3 aromatic rings. The number of azo groups is 1. The predicted molar refractivity (Wildman–Crippen MR) is 93.0 cm³/mol. The number of carboxylic acids is 1. The molecule has 0 radical (unpaired) electrons.